The Kier molecular flexibility index (Phi) is 4.71. The predicted molar refractivity (Wildman–Crippen MR) is 98.8 cm³/mol. The number of nitrogens with zero attached hydrogens (tertiary/aromatic N) is 5. The molecule has 5 heterocycles. The van der Waals surface area contributed by atoms with E-state index in [0.29, 0.717) is 11.8 Å². The fourth-order valence-electron chi connectivity index (χ4n) is 4.58. The van der Waals surface area contributed by atoms with Gasteiger partial charge in [-0.25, -0.2) is 0 Å². The Morgan fingerprint density at radius 1 is 1.15 bits per heavy atom. The van der Waals surface area contributed by atoms with E-state index >= 15 is 0 Å². The van der Waals surface area contributed by atoms with Crippen molar-refractivity contribution in [2.75, 3.05) is 51.0 Å². The monoisotopic (exact) mass is 373 g/mol. The van der Waals surface area contributed by atoms with Crippen LogP contribution in [0.1, 0.15) is 25.7 Å². The third-order valence-corrected chi connectivity index (χ3v) is 6.29. The van der Waals surface area contributed by atoms with Crippen molar-refractivity contribution in [3.63, 3.8) is 0 Å². The van der Waals surface area contributed by atoms with Gasteiger partial charge in [-0.3, -0.25) is 0 Å². The molecule has 5 rings (SSSR count). The van der Waals surface area contributed by atoms with E-state index in [1.54, 1.807) is 10.8 Å². The van der Waals surface area contributed by atoms with Crippen LogP contribution in [0.15, 0.2) is 18.5 Å². The smallest absolute Gasteiger partial charge is 0.177 e. The molecule has 3 fully saturated rings. The molecule has 0 radical (unpaired) electrons. The number of aromatic nitrogens is 4. The zero-order valence-electron chi connectivity index (χ0n) is 15.6. The lowest BCUT2D eigenvalue weighted by Gasteiger charge is -2.50. The third kappa shape index (κ3) is 3.41. The Bertz CT molecular complexity index is 770. The molecule has 0 saturated carbocycles. The molecule has 3 aliphatic rings. The van der Waals surface area contributed by atoms with Gasteiger partial charge in [-0.15, -0.1) is 15.3 Å². The molecule has 1 spiro atoms. The molecule has 27 heavy (non-hydrogen) atoms. The maximum Gasteiger partial charge on any atom is 0.177 e. The fourth-order valence-corrected chi connectivity index (χ4v) is 4.58. The highest BCUT2D eigenvalue weighted by atomic mass is 16.5. The molecular formula is C19H27N5O3. The van der Waals surface area contributed by atoms with Crippen LogP contribution in [0.2, 0.25) is 0 Å². The summed E-state index contributed by atoms with van der Waals surface area (Å²) in [4.78, 5) is 2.28. The van der Waals surface area contributed by atoms with Crippen LogP contribution < -0.4 is 4.90 Å². The van der Waals surface area contributed by atoms with Crippen LogP contribution in [0.5, 0.6) is 0 Å². The lowest BCUT2D eigenvalue weighted by Crippen LogP contribution is -2.65. The molecular weight excluding hydrogens is 346 g/mol. The molecule has 1 atom stereocenters. The summed E-state index contributed by atoms with van der Waals surface area (Å²) in [6, 6.07) is 3.97. The Morgan fingerprint density at radius 3 is 2.93 bits per heavy atom. The molecule has 2 aromatic heterocycles. The van der Waals surface area contributed by atoms with Crippen molar-refractivity contribution in [2.24, 2.45) is 11.8 Å². The quantitative estimate of drug-likeness (QED) is 0.711. The Hall–Kier alpha value is -1.77. The van der Waals surface area contributed by atoms with Crippen molar-refractivity contribution in [1.82, 2.24) is 19.8 Å². The van der Waals surface area contributed by atoms with Crippen molar-refractivity contribution in [3.8, 4) is 0 Å². The number of rotatable bonds is 6. The van der Waals surface area contributed by atoms with E-state index in [-0.39, 0.29) is 5.60 Å². The van der Waals surface area contributed by atoms with E-state index in [4.69, 9.17) is 14.2 Å². The number of ether oxygens (including phenoxy) is 3. The van der Waals surface area contributed by atoms with Gasteiger partial charge in [-0.2, -0.15) is 4.52 Å². The lowest BCUT2D eigenvalue weighted by atomic mass is 9.79. The molecule has 0 aliphatic carbocycles. The average molecular weight is 373 g/mol. The van der Waals surface area contributed by atoms with Crippen LogP contribution in [-0.2, 0) is 14.2 Å². The van der Waals surface area contributed by atoms with Crippen molar-refractivity contribution in [3.05, 3.63) is 18.5 Å². The first-order valence-electron chi connectivity index (χ1n) is 10.0. The summed E-state index contributed by atoms with van der Waals surface area (Å²) in [5.41, 5.74) is 0.747. The van der Waals surface area contributed by atoms with Gasteiger partial charge in [0.1, 0.15) is 17.7 Å². The summed E-state index contributed by atoms with van der Waals surface area (Å²) in [5.74, 6) is 2.20. The Labute approximate surface area is 158 Å². The van der Waals surface area contributed by atoms with Gasteiger partial charge < -0.3 is 19.1 Å². The second-order valence-electron chi connectivity index (χ2n) is 8.00. The first-order valence-corrected chi connectivity index (χ1v) is 10.0. The summed E-state index contributed by atoms with van der Waals surface area (Å²) >= 11 is 0. The fraction of sp³-hybridized carbons (Fsp3) is 0.737. The van der Waals surface area contributed by atoms with Crippen molar-refractivity contribution in [1.29, 1.82) is 0 Å². The van der Waals surface area contributed by atoms with E-state index < -0.39 is 0 Å². The number of fused-ring (bicyclic) bond motifs is 1. The summed E-state index contributed by atoms with van der Waals surface area (Å²) in [5, 5.41) is 12.5. The van der Waals surface area contributed by atoms with Crippen molar-refractivity contribution < 1.29 is 14.2 Å². The molecule has 0 N–H and O–H groups in total. The molecule has 3 saturated heterocycles. The van der Waals surface area contributed by atoms with E-state index in [1.807, 2.05) is 12.1 Å². The summed E-state index contributed by atoms with van der Waals surface area (Å²) in [6.07, 6.45) is 6.12. The molecule has 0 bridgehead atoms. The molecule has 146 valence electrons. The third-order valence-electron chi connectivity index (χ3n) is 6.29. The predicted octanol–water partition coefficient (Wildman–Crippen LogP) is 1.55. The van der Waals surface area contributed by atoms with Crippen LogP contribution in [0.25, 0.3) is 5.65 Å². The minimum absolute atomic E-state index is 0.0220. The molecule has 0 aromatic carbocycles. The maximum atomic E-state index is 6.19. The van der Waals surface area contributed by atoms with Gasteiger partial charge in [0.05, 0.1) is 13.1 Å². The van der Waals surface area contributed by atoms with Crippen LogP contribution in [0, 0.1) is 11.8 Å². The first kappa shape index (κ1) is 17.3. The molecule has 0 unspecified atom stereocenters. The van der Waals surface area contributed by atoms with Gasteiger partial charge in [0.15, 0.2) is 5.65 Å². The van der Waals surface area contributed by atoms with Gasteiger partial charge >= 0.3 is 0 Å². The zero-order valence-corrected chi connectivity index (χ0v) is 15.6. The SMILES string of the molecule is c1cc2nncn2nc1N1CC2(C1)OCC[C@H]2CCOCC1CCOCC1. The molecule has 8 nitrogen and oxygen atoms in total. The number of hydrogen-bond acceptors (Lipinski definition) is 7. The highest BCUT2D eigenvalue weighted by Gasteiger charge is 2.53. The van der Waals surface area contributed by atoms with Crippen molar-refractivity contribution in [2.45, 2.75) is 31.3 Å². The summed E-state index contributed by atoms with van der Waals surface area (Å²) in [6.45, 7) is 6.14. The summed E-state index contributed by atoms with van der Waals surface area (Å²) < 4.78 is 19.3. The van der Waals surface area contributed by atoms with Gasteiger partial charge in [0.25, 0.3) is 0 Å². The van der Waals surface area contributed by atoms with Crippen LogP contribution in [-0.4, -0.2) is 71.5 Å². The van der Waals surface area contributed by atoms with Gasteiger partial charge in [-0.05, 0) is 49.7 Å². The number of hydrogen-bond donors (Lipinski definition) is 0. The Morgan fingerprint density at radius 2 is 2.04 bits per heavy atom. The van der Waals surface area contributed by atoms with Gasteiger partial charge in [0.2, 0.25) is 0 Å². The summed E-state index contributed by atoms with van der Waals surface area (Å²) in [7, 11) is 0. The second-order valence-corrected chi connectivity index (χ2v) is 8.00. The van der Waals surface area contributed by atoms with Gasteiger partial charge in [-0.1, -0.05) is 0 Å². The normalized spacial score (nSPS) is 25.3. The first-order chi connectivity index (χ1) is 13.3. The minimum Gasteiger partial charge on any atom is -0.381 e. The highest BCUT2D eigenvalue weighted by Crippen LogP contribution is 2.43. The second kappa shape index (κ2) is 7.33. The molecule has 2 aromatic rings. The van der Waals surface area contributed by atoms with E-state index in [0.717, 1.165) is 83.3 Å². The van der Waals surface area contributed by atoms with Crippen LogP contribution in [0.3, 0.4) is 0 Å². The van der Waals surface area contributed by atoms with Crippen LogP contribution >= 0.6 is 0 Å². The Balaban J connectivity index is 1.12. The van der Waals surface area contributed by atoms with E-state index in [1.165, 1.54) is 0 Å². The lowest BCUT2D eigenvalue weighted by molar-refractivity contribution is -0.0528. The standard InChI is InChI=1S/C19H27N5O3/c1-2-18(22-24-14-20-21-17(1)24)23-12-19(13-23)16(6-10-27-19)5-9-26-11-15-3-7-25-8-4-15/h1-2,14-16H,3-13H2/t16-/m1/s1. The molecule has 0 amide bonds. The maximum absolute atomic E-state index is 6.19. The zero-order chi connectivity index (χ0) is 18.1. The van der Waals surface area contributed by atoms with Gasteiger partial charge in [0, 0.05) is 33.0 Å². The molecule has 8 heteroatoms. The highest BCUT2D eigenvalue weighted by molar-refractivity contribution is 5.48. The largest absolute Gasteiger partial charge is 0.381 e. The average Bonchev–Trinajstić information content (AvgIpc) is 3.31. The van der Waals surface area contributed by atoms with E-state index in [2.05, 4.69) is 20.2 Å². The number of anilines is 1. The minimum atomic E-state index is -0.0220. The van der Waals surface area contributed by atoms with Crippen LogP contribution in [0.4, 0.5) is 5.82 Å². The van der Waals surface area contributed by atoms with Crippen molar-refractivity contribution >= 4 is 11.5 Å². The topological polar surface area (TPSA) is 74.0 Å². The molecule has 3 aliphatic heterocycles. The van der Waals surface area contributed by atoms with E-state index in [9.17, 15) is 0 Å².